The minimum Gasteiger partial charge on any atom is -0.147 e. The monoisotopic (exact) mass is 347 g/mol. The molecule has 0 aromatic rings. The third-order valence-corrected chi connectivity index (χ3v) is 2.19. The van der Waals surface area contributed by atoms with Crippen LogP contribution in [0.5, 0.6) is 0 Å². The van der Waals surface area contributed by atoms with Gasteiger partial charge >= 0.3 is 41.3 Å². The fraction of sp³-hybridized carbons (Fsp3) is 0.357. The van der Waals surface area contributed by atoms with Gasteiger partial charge in [0.05, 0.1) is 0 Å². The summed E-state index contributed by atoms with van der Waals surface area (Å²) in [5, 5.41) is 0. The Bertz CT molecular complexity index is 370. The molecular formula is C14H19Cl2Zr-. The maximum absolute atomic E-state index is 3.30. The van der Waals surface area contributed by atoms with Crippen LogP contribution in [0.1, 0.15) is 33.6 Å². The molecule has 0 saturated heterocycles. The number of hydrogen-bond donors (Lipinski definition) is 0. The van der Waals surface area contributed by atoms with Gasteiger partial charge in [0.25, 0.3) is 0 Å². The van der Waals surface area contributed by atoms with E-state index in [1.54, 1.807) is 24.2 Å². The first-order valence-corrected chi connectivity index (χ1v) is 6.50. The summed E-state index contributed by atoms with van der Waals surface area (Å²) < 4.78 is 1.51. The van der Waals surface area contributed by atoms with Gasteiger partial charge in [0.1, 0.15) is 0 Å². The molecule has 0 spiro atoms. The van der Waals surface area contributed by atoms with E-state index in [0.717, 1.165) is 12.8 Å². The van der Waals surface area contributed by atoms with Crippen molar-refractivity contribution in [2.24, 2.45) is 0 Å². The molecule has 0 saturated carbocycles. The van der Waals surface area contributed by atoms with Gasteiger partial charge in [0, 0.05) is 0 Å². The molecule has 0 atom stereocenters. The quantitative estimate of drug-likeness (QED) is 0.610. The zero-order valence-corrected chi connectivity index (χ0v) is 14.6. The number of halogens is 2. The Kier molecular flexibility index (Phi) is 11.8. The molecule has 2 aliphatic rings. The number of allylic oxidation sites excluding steroid dienone is 8. The van der Waals surface area contributed by atoms with E-state index in [4.69, 9.17) is 0 Å². The second-order valence-electron chi connectivity index (χ2n) is 3.95. The van der Waals surface area contributed by atoms with Crippen molar-refractivity contribution in [2.75, 3.05) is 0 Å². The molecule has 3 heteroatoms. The summed E-state index contributed by atoms with van der Waals surface area (Å²) in [5.74, 6) is 0. The Labute approximate surface area is 132 Å². The normalized spacial score (nSPS) is 15.5. The third kappa shape index (κ3) is 7.34. The Hall–Kier alpha value is 0.293. The molecule has 2 aliphatic carbocycles. The minimum absolute atomic E-state index is 0. The molecule has 0 unspecified atom stereocenters. The van der Waals surface area contributed by atoms with Crippen molar-refractivity contribution in [1.82, 2.24) is 0 Å². The van der Waals surface area contributed by atoms with Crippen LogP contribution in [0.15, 0.2) is 41.0 Å². The van der Waals surface area contributed by atoms with E-state index >= 15 is 0 Å². The van der Waals surface area contributed by atoms with Gasteiger partial charge in [0.15, 0.2) is 0 Å². The fourth-order valence-corrected chi connectivity index (χ4v) is 1.57. The van der Waals surface area contributed by atoms with Crippen molar-refractivity contribution in [3.8, 4) is 0 Å². The summed E-state index contributed by atoms with van der Waals surface area (Å²) in [6.45, 7) is 6.38. The molecule has 0 fully saturated rings. The smallest absolute Gasteiger partial charge is 0.147 e. The summed E-state index contributed by atoms with van der Waals surface area (Å²) in [4.78, 5) is 0. The molecular weight excluding hydrogens is 330 g/mol. The SMILES string of the molecule is CC1=[C-]CC=C1C1=CC=CC1.C[C](C)=[Zr].Cl.Cl. The van der Waals surface area contributed by atoms with Gasteiger partial charge < -0.3 is 0 Å². The number of rotatable bonds is 1. The van der Waals surface area contributed by atoms with Gasteiger partial charge in [-0.15, -0.1) is 36.8 Å². The predicted octanol–water partition coefficient (Wildman–Crippen LogP) is 4.54. The van der Waals surface area contributed by atoms with Crippen LogP contribution >= 0.6 is 24.8 Å². The zero-order valence-electron chi connectivity index (χ0n) is 10.5. The van der Waals surface area contributed by atoms with Crippen LogP contribution in [0.3, 0.4) is 0 Å². The minimum atomic E-state index is 0. The molecule has 0 heterocycles. The second kappa shape index (κ2) is 10.2. The molecule has 2 rings (SSSR count). The van der Waals surface area contributed by atoms with Crippen LogP contribution in [0.2, 0.25) is 0 Å². The summed E-state index contributed by atoms with van der Waals surface area (Å²) >= 11 is 1.55. The molecule has 0 bridgehead atoms. The first-order chi connectivity index (χ1) is 7.11. The fourth-order valence-electron chi connectivity index (χ4n) is 1.57. The van der Waals surface area contributed by atoms with E-state index in [-0.39, 0.29) is 24.8 Å². The number of hydrogen-bond acceptors (Lipinski definition) is 0. The Morgan fingerprint density at radius 2 is 1.88 bits per heavy atom. The van der Waals surface area contributed by atoms with Gasteiger partial charge in [-0.2, -0.15) is 11.6 Å². The molecule has 17 heavy (non-hydrogen) atoms. The van der Waals surface area contributed by atoms with E-state index in [1.165, 1.54) is 19.9 Å². The molecule has 0 aromatic heterocycles. The van der Waals surface area contributed by atoms with Crippen LogP contribution in [0.4, 0.5) is 0 Å². The second-order valence-corrected chi connectivity index (χ2v) is 6.41. The van der Waals surface area contributed by atoms with E-state index in [2.05, 4.69) is 51.2 Å². The van der Waals surface area contributed by atoms with E-state index in [1.807, 2.05) is 0 Å². The van der Waals surface area contributed by atoms with Gasteiger partial charge in [0.2, 0.25) is 0 Å². The largest absolute Gasteiger partial charge is 0.147 e. The van der Waals surface area contributed by atoms with Crippen molar-refractivity contribution in [2.45, 2.75) is 33.6 Å². The standard InChI is InChI=1S/C11H11.C3H6.2ClH.Zr/c1-9-5-4-8-11(9)10-6-2-3-7-10;1-3-2;;;/h2-3,6,8H,4,7H2,1H3;1-2H3;2*1H;/q-1;;;;. The summed E-state index contributed by atoms with van der Waals surface area (Å²) in [7, 11) is 0. The van der Waals surface area contributed by atoms with Gasteiger partial charge in [-0.05, 0) is 6.42 Å². The summed E-state index contributed by atoms with van der Waals surface area (Å²) in [6.07, 6.45) is 14.2. The van der Waals surface area contributed by atoms with E-state index in [9.17, 15) is 0 Å². The van der Waals surface area contributed by atoms with Crippen molar-refractivity contribution < 1.29 is 24.2 Å². The van der Waals surface area contributed by atoms with Crippen LogP contribution in [0.25, 0.3) is 0 Å². The molecule has 0 N–H and O–H groups in total. The Morgan fingerprint density at radius 1 is 1.29 bits per heavy atom. The summed E-state index contributed by atoms with van der Waals surface area (Å²) in [6, 6.07) is 0. The average Bonchev–Trinajstić information content (AvgIpc) is 2.71. The summed E-state index contributed by atoms with van der Waals surface area (Å²) in [5.41, 5.74) is 4.18. The molecule has 0 aliphatic heterocycles. The van der Waals surface area contributed by atoms with Crippen LogP contribution in [0, 0.1) is 6.08 Å². The maximum atomic E-state index is 3.30. The molecule has 94 valence electrons. The van der Waals surface area contributed by atoms with Gasteiger partial charge in [-0.1, -0.05) is 25.2 Å². The van der Waals surface area contributed by atoms with Crippen LogP contribution < -0.4 is 0 Å². The zero-order chi connectivity index (χ0) is 11.3. The van der Waals surface area contributed by atoms with Gasteiger partial charge in [-0.3, -0.25) is 6.08 Å². The predicted molar refractivity (Wildman–Crippen MR) is 77.8 cm³/mol. The molecule has 0 nitrogen and oxygen atoms in total. The maximum Gasteiger partial charge on any atom is -0.147 e. The van der Waals surface area contributed by atoms with Crippen LogP contribution in [-0.2, 0) is 24.2 Å². The Morgan fingerprint density at radius 3 is 2.24 bits per heavy atom. The Balaban J connectivity index is 0. The van der Waals surface area contributed by atoms with Crippen molar-refractivity contribution in [3.05, 3.63) is 47.1 Å². The molecule has 0 aromatic carbocycles. The van der Waals surface area contributed by atoms with Crippen molar-refractivity contribution >= 4 is 28.0 Å². The van der Waals surface area contributed by atoms with Crippen molar-refractivity contribution in [3.63, 3.8) is 0 Å². The molecule has 0 radical (unpaired) electrons. The topological polar surface area (TPSA) is 0 Å². The molecule has 0 amide bonds. The van der Waals surface area contributed by atoms with E-state index in [0.29, 0.717) is 0 Å². The van der Waals surface area contributed by atoms with Gasteiger partial charge in [-0.25, -0.2) is 5.57 Å². The first-order valence-electron chi connectivity index (χ1n) is 5.27. The van der Waals surface area contributed by atoms with E-state index < -0.39 is 0 Å². The first kappa shape index (κ1) is 19.6. The van der Waals surface area contributed by atoms with Crippen molar-refractivity contribution in [1.29, 1.82) is 0 Å². The van der Waals surface area contributed by atoms with Crippen LogP contribution in [-0.4, -0.2) is 3.21 Å². The third-order valence-electron chi connectivity index (χ3n) is 2.19. The average molecular weight is 349 g/mol.